The van der Waals surface area contributed by atoms with E-state index in [-0.39, 0.29) is 5.56 Å². The Labute approximate surface area is 74.6 Å². The number of aromatic amines is 2. The van der Waals surface area contributed by atoms with E-state index in [1.54, 1.807) is 0 Å². The van der Waals surface area contributed by atoms with Crippen molar-refractivity contribution in [3.8, 4) is 11.3 Å². The molecule has 0 spiro atoms. The molecule has 0 aliphatic heterocycles. The Hall–Kier alpha value is -1.84. The van der Waals surface area contributed by atoms with Gasteiger partial charge in [0.2, 0.25) is 0 Å². The molecule has 2 N–H and O–H groups in total. The van der Waals surface area contributed by atoms with Crippen LogP contribution < -0.4 is 5.56 Å². The molecule has 0 aliphatic rings. The van der Waals surface area contributed by atoms with Gasteiger partial charge in [-0.05, 0) is 6.92 Å². The molecular weight excluding hydrogens is 166 g/mol. The van der Waals surface area contributed by atoms with Crippen LogP contribution in [-0.4, -0.2) is 15.4 Å². The zero-order valence-electron chi connectivity index (χ0n) is 7.16. The van der Waals surface area contributed by atoms with Gasteiger partial charge in [-0.25, -0.2) is 10.3 Å². The number of hydrogen-bond acceptors (Lipinski definition) is 2. The highest BCUT2D eigenvalue weighted by Crippen LogP contribution is 2.12. The Bertz CT molecular complexity index is 452. The third kappa shape index (κ3) is 1.38. The van der Waals surface area contributed by atoms with Gasteiger partial charge in [0.1, 0.15) is 0 Å². The van der Waals surface area contributed by atoms with Crippen LogP contribution in [0.4, 0.5) is 0 Å². The molecule has 4 nitrogen and oxygen atoms in total. The number of aromatic nitrogens is 3. The summed E-state index contributed by atoms with van der Waals surface area (Å²) in [6.07, 6.45) is 0. The summed E-state index contributed by atoms with van der Waals surface area (Å²) in [5.41, 5.74) is 2.23. The lowest BCUT2D eigenvalue weighted by molar-refractivity contribution is 0.931. The van der Waals surface area contributed by atoms with Crippen molar-refractivity contribution in [2.24, 2.45) is 0 Å². The zero-order chi connectivity index (χ0) is 9.26. The second-order valence-electron chi connectivity index (χ2n) is 2.89. The maximum absolute atomic E-state index is 11.2. The lowest BCUT2D eigenvalue weighted by atomic mass is 10.1. The molecule has 0 saturated heterocycles. The van der Waals surface area contributed by atoms with E-state index in [0.717, 1.165) is 11.1 Å². The Morgan fingerprint density at radius 3 is 2.46 bits per heavy atom. The standard InChI is InChI=1S/C9H9N3O/c1-6-2-4-7(5-3-6)8-9(13)11-12-10-8/h2-5H,1H3,(H2,10,11,12,13). The average molecular weight is 175 g/mol. The number of hydrogen-bond donors (Lipinski definition) is 2. The van der Waals surface area contributed by atoms with Crippen LogP contribution in [0.15, 0.2) is 29.1 Å². The summed E-state index contributed by atoms with van der Waals surface area (Å²) >= 11 is 0. The van der Waals surface area contributed by atoms with E-state index in [1.807, 2.05) is 31.2 Å². The van der Waals surface area contributed by atoms with Crippen molar-refractivity contribution in [2.75, 3.05) is 0 Å². The second-order valence-corrected chi connectivity index (χ2v) is 2.89. The van der Waals surface area contributed by atoms with Crippen LogP contribution in [0.25, 0.3) is 11.3 Å². The van der Waals surface area contributed by atoms with Crippen molar-refractivity contribution in [3.05, 3.63) is 40.2 Å². The van der Waals surface area contributed by atoms with Gasteiger partial charge in [0.15, 0.2) is 5.69 Å². The smallest absolute Gasteiger partial charge is 0.265 e. The first-order chi connectivity index (χ1) is 6.27. The van der Waals surface area contributed by atoms with Gasteiger partial charge in [0.25, 0.3) is 5.56 Å². The van der Waals surface area contributed by atoms with Crippen molar-refractivity contribution >= 4 is 0 Å². The molecule has 0 unspecified atom stereocenters. The van der Waals surface area contributed by atoms with Crippen LogP contribution in [0.1, 0.15) is 5.56 Å². The largest absolute Gasteiger partial charge is 0.291 e. The highest BCUT2D eigenvalue weighted by molar-refractivity contribution is 5.57. The number of H-pyrrole nitrogens is 2. The van der Waals surface area contributed by atoms with Crippen LogP contribution in [0.2, 0.25) is 0 Å². The van der Waals surface area contributed by atoms with E-state index < -0.39 is 0 Å². The van der Waals surface area contributed by atoms with Gasteiger partial charge in [-0.3, -0.25) is 4.79 Å². The maximum atomic E-state index is 11.2. The summed E-state index contributed by atoms with van der Waals surface area (Å²) in [5, 5.41) is 8.64. The molecule has 2 rings (SSSR count). The molecule has 2 aromatic rings. The average Bonchev–Trinajstić information content (AvgIpc) is 2.53. The van der Waals surface area contributed by atoms with E-state index in [0.29, 0.717) is 5.69 Å². The van der Waals surface area contributed by atoms with E-state index in [4.69, 9.17) is 0 Å². The zero-order valence-corrected chi connectivity index (χ0v) is 7.16. The molecule has 1 heterocycles. The summed E-state index contributed by atoms with van der Waals surface area (Å²) in [6.45, 7) is 2.00. The first kappa shape index (κ1) is 7.79. The van der Waals surface area contributed by atoms with Crippen LogP contribution in [0.5, 0.6) is 0 Å². The molecule has 0 amide bonds. The minimum absolute atomic E-state index is 0.191. The summed E-state index contributed by atoms with van der Waals surface area (Å²) < 4.78 is 0. The van der Waals surface area contributed by atoms with Gasteiger partial charge in [-0.2, -0.15) is 5.10 Å². The normalized spacial score (nSPS) is 10.2. The summed E-state index contributed by atoms with van der Waals surface area (Å²) in [6, 6.07) is 7.65. The first-order valence-electron chi connectivity index (χ1n) is 3.97. The minimum atomic E-state index is -0.191. The molecule has 4 heteroatoms. The van der Waals surface area contributed by atoms with Gasteiger partial charge >= 0.3 is 0 Å². The summed E-state index contributed by atoms with van der Waals surface area (Å²) in [7, 11) is 0. The number of aryl methyl sites for hydroxylation is 1. The quantitative estimate of drug-likeness (QED) is 0.681. The van der Waals surface area contributed by atoms with Crippen LogP contribution in [0.3, 0.4) is 0 Å². The molecule has 0 aliphatic carbocycles. The Morgan fingerprint density at radius 2 is 1.92 bits per heavy atom. The molecule has 0 fully saturated rings. The number of nitrogens with zero attached hydrogens (tertiary/aromatic N) is 1. The second kappa shape index (κ2) is 2.90. The molecule has 13 heavy (non-hydrogen) atoms. The maximum Gasteiger partial charge on any atom is 0.291 e. The predicted molar refractivity (Wildman–Crippen MR) is 49.4 cm³/mol. The number of benzene rings is 1. The molecule has 1 aromatic heterocycles. The molecular formula is C9H9N3O. The molecule has 0 saturated carbocycles. The fourth-order valence-electron chi connectivity index (χ4n) is 1.15. The topological polar surface area (TPSA) is 61.5 Å². The molecule has 1 aromatic carbocycles. The van der Waals surface area contributed by atoms with Crippen molar-refractivity contribution in [1.82, 2.24) is 15.4 Å². The van der Waals surface area contributed by atoms with Crippen molar-refractivity contribution in [1.29, 1.82) is 0 Å². The van der Waals surface area contributed by atoms with Gasteiger partial charge in [-0.1, -0.05) is 29.8 Å². The van der Waals surface area contributed by atoms with E-state index >= 15 is 0 Å². The predicted octanol–water partition coefficient (Wildman–Crippen LogP) is 1.07. The lowest BCUT2D eigenvalue weighted by Crippen LogP contribution is -2.01. The van der Waals surface area contributed by atoms with Gasteiger partial charge < -0.3 is 0 Å². The van der Waals surface area contributed by atoms with E-state index in [9.17, 15) is 4.79 Å². The van der Waals surface area contributed by atoms with Crippen molar-refractivity contribution < 1.29 is 0 Å². The Kier molecular flexibility index (Phi) is 1.73. The van der Waals surface area contributed by atoms with Gasteiger partial charge in [0, 0.05) is 5.56 Å². The van der Waals surface area contributed by atoms with Gasteiger partial charge in [0.05, 0.1) is 0 Å². The highest BCUT2D eigenvalue weighted by atomic mass is 16.1. The summed E-state index contributed by atoms with van der Waals surface area (Å²) in [5.74, 6) is 0. The fourth-order valence-corrected chi connectivity index (χ4v) is 1.15. The van der Waals surface area contributed by atoms with Crippen molar-refractivity contribution in [3.63, 3.8) is 0 Å². The molecule has 66 valence electrons. The monoisotopic (exact) mass is 175 g/mol. The lowest BCUT2D eigenvalue weighted by Gasteiger charge is -1.94. The van der Waals surface area contributed by atoms with Crippen LogP contribution >= 0.6 is 0 Å². The third-order valence-electron chi connectivity index (χ3n) is 1.88. The first-order valence-corrected chi connectivity index (χ1v) is 3.97. The van der Waals surface area contributed by atoms with Crippen molar-refractivity contribution in [2.45, 2.75) is 6.92 Å². The number of nitrogens with one attached hydrogen (secondary N) is 2. The third-order valence-corrected chi connectivity index (χ3v) is 1.88. The Balaban J connectivity index is 2.54. The van der Waals surface area contributed by atoms with Gasteiger partial charge in [-0.15, -0.1) is 0 Å². The minimum Gasteiger partial charge on any atom is -0.265 e. The fraction of sp³-hybridized carbons (Fsp3) is 0.111. The number of rotatable bonds is 1. The Morgan fingerprint density at radius 1 is 1.23 bits per heavy atom. The highest BCUT2D eigenvalue weighted by Gasteiger charge is 2.04. The van der Waals surface area contributed by atoms with E-state index in [2.05, 4.69) is 15.4 Å². The SMILES string of the molecule is Cc1ccc(-c2n[nH][nH]c2=O)cc1. The van der Waals surface area contributed by atoms with Crippen LogP contribution in [-0.2, 0) is 0 Å². The summed E-state index contributed by atoms with van der Waals surface area (Å²) in [4.78, 5) is 11.2. The van der Waals surface area contributed by atoms with E-state index in [1.165, 1.54) is 0 Å². The molecule has 0 atom stereocenters. The molecule has 0 radical (unpaired) electrons. The van der Waals surface area contributed by atoms with Crippen LogP contribution in [0, 0.1) is 6.92 Å². The molecule has 0 bridgehead atoms.